The second-order valence-electron chi connectivity index (χ2n) is 2.66. The zero-order chi connectivity index (χ0) is 10.9. The average Bonchev–Trinajstić information content (AvgIpc) is 2.09. The van der Waals surface area contributed by atoms with E-state index in [0.29, 0.717) is 0 Å². The van der Waals surface area contributed by atoms with E-state index in [1.807, 2.05) is 0 Å². The Balaban J connectivity index is -0.0000000883. The molecule has 0 bridgehead atoms. The first-order chi connectivity index (χ1) is 5.97. The number of hydrogen-bond acceptors (Lipinski definition) is 1. The normalized spacial score (nSPS) is 10.6. The maximum absolute atomic E-state index is 8.74. The van der Waals surface area contributed by atoms with Gasteiger partial charge in [-0.3, -0.25) is 4.57 Å². The van der Waals surface area contributed by atoms with E-state index in [1.165, 1.54) is 23.0 Å². The molecule has 0 amide bonds. The molecule has 7 heteroatoms. The van der Waals surface area contributed by atoms with Crippen molar-refractivity contribution in [1.82, 2.24) is 0 Å². The molecule has 0 atom stereocenters. The van der Waals surface area contributed by atoms with Crippen LogP contribution in [0.2, 0.25) is 0 Å². The van der Waals surface area contributed by atoms with Crippen molar-refractivity contribution < 1.29 is 19.8 Å². The van der Waals surface area contributed by atoms with Crippen LogP contribution in [0.1, 0.15) is 27.7 Å². The van der Waals surface area contributed by atoms with Crippen molar-refractivity contribution in [1.29, 1.82) is 0 Å². The van der Waals surface area contributed by atoms with Gasteiger partial charge >= 0.3 is 59.6 Å². The fourth-order valence-electron chi connectivity index (χ4n) is 1.22. The van der Waals surface area contributed by atoms with Crippen LogP contribution in [-0.4, -0.2) is 89.7 Å². The number of hydrogen-bond donors (Lipinski definition) is 2. The molecule has 0 unspecified atom stereocenters. The van der Waals surface area contributed by atoms with E-state index in [4.69, 9.17) is 14.4 Å². The van der Waals surface area contributed by atoms with E-state index in [2.05, 4.69) is 27.7 Å². The van der Waals surface area contributed by atoms with Gasteiger partial charge < -0.3 is 15.3 Å². The average molecular weight is 288 g/mol. The van der Waals surface area contributed by atoms with Crippen LogP contribution in [0.25, 0.3) is 0 Å². The SMILES string of the molecule is CCS(CC)(CC)CC.O.O=[PH](O)O.[KH]. The van der Waals surface area contributed by atoms with Gasteiger partial charge in [-0.1, -0.05) is 27.7 Å². The van der Waals surface area contributed by atoms with Gasteiger partial charge in [0, 0.05) is 0 Å². The Labute approximate surface area is 138 Å². The van der Waals surface area contributed by atoms with Crippen LogP contribution in [-0.2, 0) is 4.57 Å². The second kappa shape index (κ2) is 16.1. The van der Waals surface area contributed by atoms with Crippen LogP contribution in [0.4, 0.5) is 0 Å². The Kier molecular flexibility index (Phi) is 27.7. The molecule has 4 nitrogen and oxygen atoms in total. The molecule has 94 valence electrons. The Morgan fingerprint density at radius 2 is 1.07 bits per heavy atom. The summed E-state index contributed by atoms with van der Waals surface area (Å²) in [5, 5.41) is 0. The monoisotopic (exact) mass is 288 g/mol. The van der Waals surface area contributed by atoms with Crippen molar-refractivity contribution in [2.75, 3.05) is 23.0 Å². The predicted molar refractivity (Wildman–Crippen MR) is 74.0 cm³/mol. The summed E-state index contributed by atoms with van der Waals surface area (Å²) < 4.78 is 8.74. The van der Waals surface area contributed by atoms with Crippen molar-refractivity contribution in [2.24, 2.45) is 0 Å². The third-order valence-corrected chi connectivity index (χ3v) is 7.35. The fourth-order valence-corrected chi connectivity index (χ4v) is 3.67. The molecule has 0 rings (SSSR count). The van der Waals surface area contributed by atoms with E-state index in [9.17, 15) is 0 Å². The predicted octanol–water partition coefficient (Wildman–Crippen LogP) is 0.758. The Morgan fingerprint density at radius 1 is 0.933 bits per heavy atom. The molecule has 0 heterocycles. The zero-order valence-electron chi connectivity index (χ0n) is 9.54. The van der Waals surface area contributed by atoms with Gasteiger partial charge in [0.15, 0.2) is 0 Å². The topological polar surface area (TPSA) is 89.0 Å². The van der Waals surface area contributed by atoms with Crippen LogP contribution in [0.5, 0.6) is 0 Å². The van der Waals surface area contributed by atoms with Gasteiger partial charge in [0.25, 0.3) is 0 Å². The van der Waals surface area contributed by atoms with Gasteiger partial charge in [-0.25, -0.2) is 10.0 Å². The van der Waals surface area contributed by atoms with Gasteiger partial charge in [-0.05, 0) is 23.0 Å². The fraction of sp³-hybridized carbons (Fsp3) is 1.00. The van der Waals surface area contributed by atoms with Gasteiger partial charge in [-0.2, -0.15) is 0 Å². The first-order valence-corrected chi connectivity index (χ1v) is 8.25. The van der Waals surface area contributed by atoms with Crippen LogP contribution in [0, 0.1) is 0 Å². The summed E-state index contributed by atoms with van der Waals surface area (Å²) in [5.41, 5.74) is 0. The quantitative estimate of drug-likeness (QED) is 0.591. The standard InChI is InChI=1S/C8H20S.K.H3O3P.H2O.H/c1-5-9(6-2,7-3)8-4;;1-4(2)3;;/h5-8H2,1-4H3;;4H,(H2,1,2,3);1H2;. The Morgan fingerprint density at radius 3 is 1.07 bits per heavy atom. The maximum atomic E-state index is 8.74. The molecule has 4 N–H and O–H groups in total. The van der Waals surface area contributed by atoms with Gasteiger partial charge in [0.1, 0.15) is 0 Å². The molecule has 0 radical (unpaired) electrons. The third kappa shape index (κ3) is 16.1. The summed E-state index contributed by atoms with van der Waals surface area (Å²) in [6, 6.07) is 0. The van der Waals surface area contributed by atoms with E-state index >= 15 is 0 Å². The molecule has 0 aliphatic rings. The van der Waals surface area contributed by atoms with Crippen molar-refractivity contribution >= 4 is 69.7 Å². The summed E-state index contributed by atoms with van der Waals surface area (Å²) in [5.74, 6) is 5.71. The first-order valence-electron chi connectivity index (χ1n) is 4.63. The summed E-state index contributed by atoms with van der Waals surface area (Å²) in [6.45, 7) is 9.36. The molecule has 0 aliphatic carbocycles. The molecule has 0 saturated heterocycles. The zero-order valence-corrected chi connectivity index (χ0v) is 11.4. The molecule has 0 aromatic carbocycles. The van der Waals surface area contributed by atoms with Crippen LogP contribution in [0.15, 0.2) is 0 Å². The molecule has 0 spiro atoms. The Bertz CT molecular complexity index is 123. The van der Waals surface area contributed by atoms with Crippen LogP contribution >= 0.6 is 18.3 Å². The van der Waals surface area contributed by atoms with Gasteiger partial charge in [0.05, 0.1) is 0 Å². The number of rotatable bonds is 4. The molecule has 0 aromatic rings. The summed E-state index contributed by atoms with van der Waals surface area (Å²) in [6.07, 6.45) is 0. The molecule has 0 saturated carbocycles. The summed E-state index contributed by atoms with van der Waals surface area (Å²) >= 11 is 0. The minimum atomic E-state index is -3.13. The molecular formula is C8H26KO4PS. The van der Waals surface area contributed by atoms with Crippen molar-refractivity contribution in [2.45, 2.75) is 27.7 Å². The van der Waals surface area contributed by atoms with Crippen LogP contribution in [0.3, 0.4) is 0 Å². The van der Waals surface area contributed by atoms with E-state index in [0.717, 1.165) is 0 Å². The summed E-state index contributed by atoms with van der Waals surface area (Å²) in [7, 11) is -3.28. The van der Waals surface area contributed by atoms with Crippen molar-refractivity contribution in [3.8, 4) is 0 Å². The van der Waals surface area contributed by atoms with E-state index < -0.39 is 8.25 Å². The van der Waals surface area contributed by atoms with Crippen molar-refractivity contribution in [3.63, 3.8) is 0 Å². The van der Waals surface area contributed by atoms with E-state index in [1.54, 1.807) is 0 Å². The molecule has 15 heavy (non-hydrogen) atoms. The van der Waals surface area contributed by atoms with E-state index in [-0.39, 0.29) is 66.9 Å². The summed E-state index contributed by atoms with van der Waals surface area (Å²) in [4.78, 5) is 14.3. The van der Waals surface area contributed by atoms with Gasteiger partial charge in [0.2, 0.25) is 0 Å². The second-order valence-corrected chi connectivity index (χ2v) is 7.99. The first kappa shape index (κ1) is 25.8. The third-order valence-electron chi connectivity index (χ3n) is 2.45. The molecular weight excluding hydrogens is 262 g/mol. The van der Waals surface area contributed by atoms with Crippen LogP contribution < -0.4 is 0 Å². The molecule has 0 aliphatic heterocycles. The Hall–Kier alpha value is 2.10. The molecule has 0 aromatic heterocycles. The van der Waals surface area contributed by atoms with Crippen molar-refractivity contribution in [3.05, 3.63) is 0 Å². The minimum absolute atomic E-state index is 0. The van der Waals surface area contributed by atoms with Gasteiger partial charge in [-0.15, -0.1) is 0 Å². The molecule has 0 fully saturated rings.